The first-order valence-electron chi connectivity index (χ1n) is 6.94. The van der Waals surface area contributed by atoms with E-state index >= 15 is 0 Å². The first kappa shape index (κ1) is 14.6. The second-order valence-corrected chi connectivity index (χ2v) is 5.73. The van der Waals surface area contributed by atoms with E-state index in [1.807, 2.05) is 60.7 Å². The molecule has 0 fully saturated rings. The summed E-state index contributed by atoms with van der Waals surface area (Å²) in [6, 6.07) is 19.9. The number of halogens is 1. The van der Waals surface area contributed by atoms with Gasteiger partial charge in [0.15, 0.2) is 0 Å². The highest BCUT2D eigenvalue weighted by molar-refractivity contribution is 9.10. The van der Waals surface area contributed by atoms with Gasteiger partial charge in [0.25, 0.3) is 0 Å². The number of hydrogen-bond donors (Lipinski definition) is 1. The lowest BCUT2D eigenvalue weighted by Gasteiger charge is -2.11. The summed E-state index contributed by atoms with van der Waals surface area (Å²) in [6.45, 7) is 0.545. The fourth-order valence-corrected chi connectivity index (χ4v) is 2.53. The smallest absolute Gasteiger partial charge is 0.123 e. The average molecular weight is 355 g/mol. The van der Waals surface area contributed by atoms with Crippen LogP contribution < -0.4 is 10.1 Å². The highest BCUT2D eigenvalue weighted by Crippen LogP contribution is 2.27. The topological polar surface area (TPSA) is 34.2 Å². The Morgan fingerprint density at radius 3 is 2.59 bits per heavy atom. The maximum Gasteiger partial charge on any atom is 0.123 e. The molecule has 0 radical (unpaired) electrons. The monoisotopic (exact) mass is 354 g/mol. The van der Waals surface area contributed by atoms with Gasteiger partial charge >= 0.3 is 0 Å². The van der Waals surface area contributed by atoms with Gasteiger partial charge in [0, 0.05) is 22.4 Å². The second kappa shape index (κ2) is 7.09. The van der Waals surface area contributed by atoms with Crippen LogP contribution in [-0.2, 0) is 6.61 Å². The van der Waals surface area contributed by atoms with Crippen LogP contribution >= 0.6 is 15.9 Å². The fraction of sp³-hybridized carbons (Fsp3) is 0.0556. The molecule has 1 heterocycles. The van der Waals surface area contributed by atoms with Crippen molar-refractivity contribution in [2.45, 2.75) is 6.61 Å². The van der Waals surface area contributed by atoms with Gasteiger partial charge < -0.3 is 10.1 Å². The molecule has 2 aromatic carbocycles. The van der Waals surface area contributed by atoms with Crippen molar-refractivity contribution in [3.8, 4) is 5.75 Å². The van der Waals surface area contributed by atoms with Crippen molar-refractivity contribution in [1.82, 2.24) is 4.98 Å². The van der Waals surface area contributed by atoms with Crippen LogP contribution in [0.1, 0.15) is 5.56 Å². The Hall–Kier alpha value is -2.33. The molecule has 0 amide bonds. The molecule has 0 bridgehead atoms. The molecule has 110 valence electrons. The summed E-state index contributed by atoms with van der Waals surface area (Å²) in [5, 5.41) is 3.31. The molecule has 0 atom stereocenters. The normalized spacial score (nSPS) is 10.2. The van der Waals surface area contributed by atoms with Crippen molar-refractivity contribution in [3.05, 3.63) is 83.1 Å². The van der Waals surface area contributed by atoms with Crippen molar-refractivity contribution < 1.29 is 4.74 Å². The maximum atomic E-state index is 5.87. The van der Waals surface area contributed by atoms with Crippen molar-refractivity contribution >= 4 is 27.3 Å². The molecule has 22 heavy (non-hydrogen) atoms. The second-order valence-electron chi connectivity index (χ2n) is 4.82. The Bertz CT molecular complexity index is 733. The largest absolute Gasteiger partial charge is 0.489 e. The van der Waals surface area contributed by atoms with Crippen LogP contribution in [0.2, 0.25) is 0 Å². The average Bonchev–Trinajstić information content (AvgIpc) is 2.54. The molecule has 3 rings (SSSR count). The van der Waals surface area contributed by atoms with Crippen LogP contribution in [0, 0.1) is 0 Å². The van der Waals surface area contributed by atoms with Crippen LogP contribution in [0.15, 0.2) is 77.5 Å². The summed E-state index contributed by atoms with van der Waals surface area (Å²) in [5.41, 5.74) is 3.03. The number of benzene rings is 2. The summed E-state index contributed by atoms with van der Waals surface area (Å²) in [7, 11) is 0. The van der Waals surface area contributed by atoms with Gasteiger partial charge in [-0.2, -0.15) is 0 Å². The molecule has 1 N–H and O–H groups in total. The van der Waals surface area contributed by atoms with Gasteiger partial charge in [-0.15, -0.1) is 0 Å². The lowest BCUT2D eigenvalue weighted by Crippen LogP contribution is -1.96. The lowest BCUT2D eigenvalue weighted by molar-refractivity contribution is 0.306. The van der Waals surface area contributed by atoms with Crippen molar-refractivity contribution in [2.24, 2.45) is 0 Å². The number of nitrogens with zero attached hydrogens (tertiary/aromatic N) is 1. The van der Waals surface area contributed by atoms with Crippen LogP contribution in [0.5, 0.6) is 5.75 Å². The van der Waals surface area contributed by atoms with Gasteiger partial charge in [-0.3, -0.25) is 4.98 Å². The summed E-state index contributed by atoms with van der Waals surface area (Å²) in [4.78, 5) is 4.10. The van der Waals surface area contributed by atoms with Gasteiger partial charge in [-0.05, 0) is 29.8 Å². The van der Waals surface area contributed by atoms with Crippen LogP contribution in [0.25, 0.3) is 0 Å². The number of anilines is 2. The first-order valence-corrected chi connectivity index (χ1v) is 7.73. The third kappa shape index (κ3) is 4.09. The highest BCUT2D eigenvalue weighted by Gasteiger charge is 2.02. The molecular weight excluding hydrogens is 340 g/mol. The number of hydrogen-bond acceptors (Lipinski definition) is 3. The minimum atomic E-state index is 0.545. The predicted octanol–water partition coefficient (Wildman–Crippen LogP) is 5.17. The van der Waals surface area contributed by atoms with E-state index in [0.717, 1.165) is 27.2 Å². The van der Waals surface area contributed by atoms with E-state index in [0.29, 0.717) is 6.61 Å². The zero-order valence-electron chi connectivity index (χ0n) is 11.9. The van der Waals surface area contributed by atoms with Crippen LogP contribution in [0.4, 0.5) is 11.4 Å². The molecule has 0 saturated heterocycles. The van der Waals surface area contributed by atoms with E-state index < -0.39 is 0 Å². The van der Waals surface area contributed by atoms with Gasteiger partial charge in [0.1, 0.15) is 12.4 Å². The molecule has 0 aliphatic carbocycles. The van der Waals surface area contributed by atoms with Gasteiger partial charge in [-0.25, -0.2) is 0 Å². The SMILES string of the molecule is Brc1cc(Nc2cccnc2)cc(OCc2ccccc2)c1. The van der Waals surface area contributed by atoms with E-state index in [9.17, 15) is 0 Å². The third-order valence-electron chi connectivity index (χ3n) is 3.07. The molecule has 3 nitrogen and oxygen atoms in total. The molecule has 0 aliphatic rings. The number of aromatic nitrogens is 1. The molecule has 0 spiro atoms. The Balaban J connectivity index is 1.72. The van der Waals surface area contributed by atoms with Gasteiger partial charge in [-0.1, -0.05) is 46.3 Å². The molecule has 0 saturated carbocycles. The quantitative estimate of drug-likeness (QED) is 0.686. The van der Waals surface area contributed by atoms with Gasteiger partial charge in [0.2, 0.25) is 0 Å². The van der Waals surface area contributed by atoms with Crippen LogP contribution in [0.3, 0.4) is 0 Å². The summed E-state index contributed by atoms with van der Waals surface area (Å²) >= 11 is 3.52. The van der Waals surface area contributed by atoms with E-state index in [4.69, 9.17) is 4.74 Å². The minimum absolute atomic E-state index is 0.545. The molecule has 1 aromatic heterocycles. The Labute approximate surface area is 138 Å². The van der Waals surface area contributed by atoms with E-state index in [1.165, 1.54) is 0 Å². The van der Waals surface area contributed by atoms with E-state index in [-0.39, 0.29) is 0 Å². The lowest BCUT2D eigenvalue weighted by atomic mass is 10.2. The maximum absolute atomic E-state index is 5.87. The Morgan fingerprint density at radius 2 is 1.82 bits per heavy atom. The summed E-state index contributed by atoms with van der Waals surface area (Å²) in [5.74, 6) is 0.810. The van der Waals surface area contributed by atoms with Crippen molar-refractivity contribution in [3.63, 3.8) is 0 Å². The molecular formula is C18H15BrN2O. The number of pyridine rings is 1. The van der Waals surface area contributed by atoms with Gasteiger partial charge in [0.05, 0.1) is 11.9 Å². The van der Waals surface area contributed by atoms with E-state index in [1.54, 1.807) is 12.4 Å². The standard InChI is InChI=1S/C18H15BrN2O/c19-15-9-17(21-16-7-4-8-20-12-16)11-18(10-15)22-13-14-5-2-1-3-6-14/h1-12,21H,13H2. The predicted molar refractivity (Wildman–Crippen MR) is 92.4 cm³/mol. The summed E-state index contributed by atoms with van der Waals surface area (Å²) in [6.07, 6.45) is 3.53. The summed E-state index contributed by atoms with van der Waals surface area (Å²) < 4.78 is 6.83. The third-order valence-corrected chi connectivity index (χ3v) is 3.53. The molecule has 4 heteroatoms. The number of nitrogens with one attached hydrogen (secondary N) is 1. The van der Waals surface area contributed by atoms with Crippen molar-refractivity contribution in [1.29, 1.82) is 0 Å². The molecule has 0 aliphatic heterocycles. The minimum Gasteiger partial charge on any atom is -0.489 e. The number of ether oxygens (including phenoxy) is 1. The Kier molecular flexibility index (Phi) is 4.71. The zero-order valence-corrected chi connectivity index (χ0v) is 13.5. The number of rotatable bonds is 5. The molecule has 3 aromatic rings. The highest BCUT2D eigenvalue weighted by atomic mass is 79.9. The first-order chi connectivity index (χ1) is 10.8. The van der Waals surface area contributed by atoms with Crippen molar-refractivity contribution in [2.75, 3.05) is 5.32 Å². The zero-order chi connectivity index (χ0) is 15.2. The Morgan fingerprint density at radius 1 is 0.955 bits per heavy atom. The fourth-order valence-electron chi connectivity index (χ4n) is 2.06. The van der Waals surface area contributed by atoms with Crippen LogP contribution in [-0.4, -0.2) is 4.98 Å². The molecule has 0 unspecified atom stereocenters. The van der Waals surface area contributed by atoms with E-state index in [2.05, 4.69) is 26.2 Å².